The fraction of sp³-hybridized carbons (Fsp3) is 0.571. The molecule has 32 heavy (non-hydrogen) atoms. The quantitative estimate of drug-likeness (QED) is 0.232. The van der Waals surface area contributed by atoms with Crippen molar-refractivity contribution in [3.05, 3.63) is 71.8 Å². The largest absolute Gasteiger partial charge is 0.337 e. The third-order valence-corrected chi connectivity index (χ3v) is 6.52. The molecule has 0 aliphatic carbocycles. The lowest BCUT2D eigenvalue weighted by Gasteiger charge is -2.18. The van der Waals surface area contributed by atoms with E-state index in [1.165, 1.54) is 75.3 Å². The van der Waals surface area contributed by atoms with E-state index in [0.29, 0.717) is 0 Å². The number of unbranched alkanes of at least 4 members (excludes halogenated alkanes) is 6. The number of hydrogen-bond donors (Lipinski definition) is 0. The average Bonchev–Trinajstić information content (AvgIpc) is 3.52. The van der Waals surface area contributed by atoms with Crippen LogP contribution in [0.15, 0.2) is 49.6 Å². The lowest BCUT2D eigenvalue weighted by molar-refractivity contribution is 0.644. The molecule has 0 saturated carbocycles. The van der Waals surface area contributed by atoms with Gasteiger partial charge in [0, 0.05) is 37.9 Å². The van der Waals surface area contributed by atoms with Gasteiger partial charge in [-0.15, -0.1) is 0 Å². The van der Waals surface area contributed by atoms with Gasteiger partial charge in [0.05, 0.1) is 12.7 Å². The molecule has 2 heterocycles. The summed E-state index contributed by atoms with van der Waals surface area (Å²) >= 11 is 0. The Bertz CT molecular complexity index is 792. The molecule has 0 spiro atoms. The highest BCUT2D eigenvalue weighted by Gasteiger charge is 2.11. The van der Waals surface area contributed by atoms with Gasteiger partial charge in [0.2, 0.25) is 0 Å². The van der Waals surface area contributed by atoms with Crippen LogP contribution in [0.1, 0.15) is 87.5 Å². The molecule has 0 bridgehead atoms. The van der Waals surface area contributed by atoms with Crippen LogP contribution in [0.2, 0.25) is 0 Å². The van der Waals surface area contributed by atoms with E-state index >= 15 is 0 Å². The Kier molecular flexibility index (Phi) is 10.6. The fourth-order valence-corrected chi connectivity index (χ4v) is 4.54. The highest BCUT2D eigenvalue weighted by Crippen LogP contribution is 2.24. The van der Waals surface area contributed by atoms with Gasteiger partial charge in [0.25, 0.3) is 0 Å². The van der Waals surface area contributed by atoms with Crippen LogP contribution in [-0.2, 0) is 38.8 Å². The lowest BCUT2D eigenvalue weighted by Crippen LogP contribution is -2.08. The first-order chi connectivity index (χ1) is 15.8. The van der Waals surface area contributed by atoms with E-state index in [2.05, 4.69) is 57.5 Å². The molecule has 4 heteroatoms. The van der Waals surface area contributed by atoms with Crippen molar-refractivity contribution in [1.29, 1.82) is 0 Å². The van der Waals surface area contributed by atoms with Gasteiger partial charge in [-0.25, -0.2) is 9.97 Å². The molecule has 0 aliphatic rings. The van der Waals surface area contributed by atoms with E-state index in [1.54, 1.807) is 11.1 Å². The number of imidazole rings is 2. The van der Waals surface area contributed by atoms with Crippen LogP contribution in [0.4, 0.5) is 0 Å². The second-order valence-corrected chi connectivity index (χ2v) is 9.11. The maximum Gasteiger partial charge on any atom is 0.0946 e. The van der Waals surface area contributed by atoms with E-state index < -0.39 is 0 Å². The van der Waals surface area contributed by atoms with E-state index in [0.717, 1.165) is 25.9 Å². The standard InChI is InChI=1S/C28H42N4/c1-3-5-7-9-11-25-21-27(13-17-31-19-15-29-23-31)28(14-18-32-20-16-30-24-32)22-26(25)12-10-8-6-4-2/h15-16,19-24H,3-14,17-18H2,1-2H3. The summed E-state index contributed by atoms with van der Waals surface area (Å²) in [5.74, 6) is 0. The van der Waals surface area contributed by atoms with Crippen molar-refractivity contribution in [2.75, 3.05) is 0 Å². The Balaban J connectivity index is 1.79. The molecule has 3 aromatic rings. The highest BCUT2D eigenvalue weighted by molar-refractivity contribution is 5.39. The summed E-state index contributed by atoms with van der Waals surface area (Å²) in [5.41, 5.74) is 6.23. The van der Waals surface area contributed by atoms with Crippen LogP contribution in [0, 0.1) is 0 Å². The molecule has 0 N–H and O–H groups in total. The van der Waals surface area contributed by atoms with Crippen molar-refractivity contribution in [3.8, 4) is 0 Å². The molecule has 0 radical (unpaired) electrons. The molecule has 0 aliphatic heterocycles. The number of nitrogens with zero attached hydrogens (tertiary/aromatic N) is 4. The Morgan fingerprint density at radius 3 is 1.38 bits per heavy atom. The van der Waals surface area contributed by atoms with Gasteiger partial charge in [-0.2, -0.15) is 0 Å². The number of benzene rings is 1. The van der Waals surface area contributed by atoms with E-state index in [4.69, 9.17) is 0 Å². The second-order valence-electron chi connectivity index (χ2n) is 9.11. The molecule has 0 amide bonds. The van der Waals surface area contributed by atoms with Crippen LogP contribution in [0.25, 0.3) is 0 Å². The summed E-state index contributed by atoms with van der Waals surface area (Å²) < 4.78 is 4.39. The minimum absolute atomic E-state index is 0.989. The second kappa shape index (κ2) is 13.9. The molecule has 2 aromatic heterocycles. The van der Waals surface area contributed by atoms with Gasteiger partial charge in [-0.1, -0.05) is 64.5 Å². The van der Waals surface area contributed by atoms with Crippen molar-refractivity contribution in [1.82, 2.24) is 19.1 Å². The molecule has 4 nitrogen and oxygen atoms in total. The Hall–Kier alpha value is -2.36. The third-order valence-electron chi connectivity index (χ3n) is 6.52. The van der Waals surface area contributed by atoms with Crippen molar-refractivity contribution >= 4 is 0 Å². The van der Waals surface area contributed by atoms with Crippen LogP contribution in [0.5, 0.6) is 0 Å². The minimum Gasteiger partial charge on any atom is -0.337 e. The van der Waals surface area contributed by atoms with Crippen LogP contribution in [-0.4, -0.2) is 19.1 Å². The zero-order valence-corrected chi connectivity index (χ0v) is 20.3. The minimum atomic E-state index is 0.989. The maximum atomic E-state index is 4.22. The summed E-state index contributed by atoms with van der Waals surface area (Å²) in [5, 5.41) is 0. The summed E-state index contributed by atoms with van der Waals surface area (Å²) in [6.45, 7) is 6.57. The summed E-state index contributed by atoms with van der Waals surface area (Å²) in [6.07, 6.45) is 26.9. The molecular formula is C28H42N4. The normalized spacial score (nSPS) is 11.3. The summed E-state index contributed by atoms with van der Waals surface area (Å²) in [7, 11) is 0. The molecular weight excluding hydrogens is 392 g/mol. The highest BCUT2D eigenvalue weighted by atomic mass is 15.0. The van der Waals surface area contributed by atoms with Crippen molar-refractivity contribution in [3.63, 3.8) is 0 Å². The van der Waals surface area contributed by atoms with Gasteiger partial charge in [0.15, 0.2) is 0 Å². The summed E-state index contributed by atoms with van der Waals surface area (Å²) in [6, 6.07) is 5.11. The molecule has 0 unspecified atom stereocenters. The average molecular weight is 435 g/mol. The predicted octanol–water partition coefficient (Wildman–Crippen LogP) is 6.81. The Morgan fingerprint density at radius 2 is 1.00 bits per heavy atom. The smallest absolute Gasteiger partial charge is 0.0946 e. The lowest BCUT2D eigenvalue weighted by atomic mass is 9.89. The zero-order valence-electron chi connectivity index (χ0n) is 20.3. The maximum absolute atomic E-state index is 4.22. The van der Waals surface area contributed by atoms with Gasteiger partial charge in [0.1, 0.15) is 0 Å². The number of aryl methyl sites for hydroxylation is 6. The van der Waals surface area contributed by atoms with Gasteiger partial charge >= 0.3 is 0 Å². The number of hydrogen-bond acceptors (Lipinski definition) is 2. The van der Waals surface area contributed by atoms with Crippen molar-refractivity contribution in [2.45, 2.75) is 104 Å². The van der Waals surface area contributed by atoms with E-state index in [1.807, 2.05) is 25.0 Å². The first-order valence-corrected chi connectivity index (χ1v) is 12.8. The first-order valence-electron chi connectivity index (χ1n) is 12.8. The molecule has 3 rings (SSSR count). The number of aromatic nitrogens is 4. The first kappa shape index (κ1) is 24.3. The molecule has 174 valence electrons. The molecule has 1 aromatic carbocycles. The Morgan fingerprint density at radius 1 is 0.562 bits per heavy atom. The fourth-order valence-electron chi connectivity index (χ4n) is 4.54. The summed E-state index contributed by atoms with van der Waals surface area (Å²) in [4.78, 5) is 8.44. The van der Waals surface area contributed by atoms with E-state index in [9.17, 15) is 0 Å². The van der Waals surface area contributed by atoms with Crippen molar-refractivity contribution < 1.29 is 0 Å². The SMILES string of the molecule is CCCCCCc1cc(CCn2ccnc2)c(CCn2ccnc2)cc1CCCCCC. The van der Waals surface area contributed by atoms with Crippen LogP contribution >= 0.6 is 0 Å². The predicted molar refractivity (Wildman–Crippen MR) is 134 cm³/mol. The van der Waals surface area contributed by atoms with Gasteiger partial charge < -0.3 is 9.13 Å². The van der Waals surface area contributed by atoms with E-state index in [-0.39, 0.29) is 0 Å². The van der Waals surface area contributed by atoms with Gasteiger partial charge in [-0.3, -0.25) is 0 Å². The molecule has 0 fully saturated rings. The molecule has 0 atom stereocenters. The molecule has 0 saturated heterocycles. The third kappa shape index (κ3) is 7.96. The van der Waals surface area contributed by atoms with Crippen molar-refractivity contribution in [2.24, 2.45) is 0 Å². The zero-order chi connectivity index (χ0) is 22.4. The van der Waals surface area contributed by atoms with Crippen LogP contribution < -0.4 is 0 Å². The van der Waals surface area contributed by atoms with Gasteiger partial charge in [-0.05, 0) is 60.8 Å². The number of rotatable bonds is 16. The van der Waals surface area contributed by atoms with Crippen LogP contribution in [0.3, 0.4) is 0 Å². The monoisotopic (exact) mass is 434 g/mol. The topological polar surface area (TPSA) is 35.6 Å². The Labute approximate surface area is 195 Å².